The van der Waals surface area contributed by atoms with Crippen molar-refractivity contribution in [1.82, 2.24) is 10.8 Å². The van der Waals surface area contributed by atoms with Crippen molar-refractivity contribution in [2.24, 2.45) is 0 Å². The number of hydrogen-bond donors (Lipinski definition) is 3. The van der Waals surface area contributed by atoms with Gasteiger partial charge in [-0.25, -0.2) is 0 Å². The fourth-order valence-electron chi connectivity index (χ4n) is 2.12. The van der Waals surface area contributed by atoms with Gasteiger partial charge in [0.1, 0.15) is 12.6 Å². The van der Waals surface area contributed by atoms with Crippen molar-refractivity contribution in [2.45, 2.75) is 19.1 Å². The van der Waals surface area contributed by atoms with Crippen LogP contribution in [0.5, 0.6) is 0 Å². The molecule has 0 saturated heterocycles. The highest BCUT2D eigenvalue weighted by molar-refractivity contribution is 5.85. The summed E-state index contributed by atoms with van der Waals surface area (Å²) in [6.45, 7) is -0.122. The molecule has 0 bridgehead atoms. The summed E-state index contributed by atoms with van der Waals surface area (Å²) in [6.07, 6.45) is 0.390. The van der Waals surface area contributed by atoms with Gasteiger partial charge in [-0.2, -0.15) is 5.48 Å². The summed E-state index contributed by atoms with van der Waals surface area (Å²) in [7, 11) is 0. The van der Waals surface area contributed by atoms with Crippen LogP contribution in [-0.4, -0.2) is 29.6 Å². The molecule has 126 valence electrons. The molecule has 6 heteroatoms. The molecule has 2 rings (SSSR count). The fourth-order valence-corrected chi connectivity index (χ4v) is 2.12. The van der Waals surface area contributed by atoms with Crippen molar-refractivity contribution in [3.05, 3.63) is 71.8 Å². The summed E-state index contributed by atoms with van der Waals surface area (Å²) in [5.74, 6) is -1.51. The smallest absolute Gasteiger partial charge is 0.322 e. The highest BCUT2D eigenvalue weighted by atomic mass is 16.6. The number of benzene rings is 2. The second-order valence-corrected chi connectivity index (χ2v) is 5.25. The molecule has 0 aliphatic rings. The Balaban J connectivity index is 1.93. The Morgan fingerprint density at radius 1 is 0.958 bits per heavy atom. The van der Waals surface area contributed by atoms with E-state index in [4.69, 9.17) is 9.94 Å². The molecule has 0 saturated carbocycles. The molecule has 0 aliphatic heterocycles. The van der Waals surface area contributed by atoms with E-state index < -0.39 is 24.5 Å². The Bertz CT molecular complexity index is 647. The van der Waals surface area contributed by atoms with Gasteiger partial charge in [0.25, 0.3) is 0 Å². The van der Waals surface area contributed by atoms with E-state index in [-0.39, 0.29) is 0 Å². The molecule has 2 aromatic rings. The van der Waals surface area contributed by atoms with Crippen LogP contribution in [0.2, 0.25) is 0 Å². The lowest BCUT2D eigenvalue weighted by Gasteiger charge is -2.18. The van der Waals surface area contributed by atoms with Gasteiger partial charge in [-0.1, -0.05) is 60.7 Å². The lowest BCUT2D eigenvalue weighted by molar-refractivity contribution is -0.139. The molecular formula is C18H20N2O4. The third-order valence-electron chi connectivity index (χ3n) is 3.32. The van der Waals surface area contributed by atoms with Crippen molar-refractivity contribution in [3.8, 4) is 0 Å². The van der Waals surface area contributed by atoms with Crippen molar-refractivity contribution in [2.75, 3.05) is 6.54 Å². The van der Waals surface area contributed by atoms with Crippen LogP contribution in [-0.2, 0) is 27.5 Å². The minimum atomic E-state index is -1.09. The third-order valence-corrected chi connectivity index (χ3v) is 3.32. The van der Waals surface area contributed by atoms with Crippen LogP contribution >= 0.6 is 0 Å². The number of hydroxylamine groups is 1. The second kappa shape index (κ2) is 9.44. The summed E-state index contributed by atoms with van der Waals surface area (Å²) in [5, 5.41) is 11.1. The van der Waals surface area contributed by atoms with Crippen LogP contribution in [0, 0.1) is 0 Å². The van der Waals surface area contributed by atoms with Crippen molar-refractivity contribution in [1.29, 1.82) is 0 Å². The molecule has 0 heterocycles. The molecule has 24 heavy (non-hydrogen) atoms. The topological polar surface area (TPSA) is 87.7 Å². The van der Waals surface area contributed by atoms with Crippen LogP contribution < -0.4 is 10.8 Å². The van der Waals surface area contributed by atoms with E-state index in [1.54, 1.807) is 0 Å². The molecule has 0 spiro atoms. The first-order valence-electron chi connectivity index (χ1n) is 7.60. The number of hydrogen-bond acceptors (Lipinski definition) is 4. The summed E-state index contributed by atoms with van der Waals surface area (Å²) < 4.78 is 0. The highest BCUT2D eigenvalue weighted by Gasteiger charge is 2.19. The minimum absolute atomic E-state index is 0.304. The van der Waals surface area contributed by atoms with Gasteiger partial charge in [-0.05, 0) is 17.5 Å². The number of amides is 1. The van der Waals surface area contributed by atoms with E-state index in [0.29, 0.717) is 13.0 Å². The Labute approximate surface area is 140 Å². The van der Waals surface area contributed by atoms with Crippen LogP contribution in [0.15, 0.2) is 60.7 Å². The van der Waals surface area contributed by atoms with Crippen LogP contribution in [0.25, 0.3) is 0 Å². The number of carboxylic acids is 1. The average molecular weight is 328 g/mol. The van der Waals surface area contributed by atoms with Gasteiger partial charge in [0, 0.05) is 0 Å². The minimum Gasteiger partial charge on any atom is -0.480 e. The predicted octanol–water partition coefficient (Wildman–Crippen LogP) is 1.52. The van der Waals surface area contributed by atoms with Crippen molar-refractivity contribution in [3.63, 3.8) is 0 Å². The molecule has 1 unspecified atom stereocenters. The van der Waals surface area contributed by atoms with Crippen LogP contribution in [0.3, 0.4) is 0 Å². The van der Waals surface area contributed by atoms with Gasteiger partial charge < -0.3 is 10.4 Å². The molecule has 0 aliphatic carbocycles. The standard InChI is InChI=1S/C18H20N2O4/c21-17(22)12-19-18(23)16(11-14-7-3-1-4-8-14)20-24-13-15-9-5-2-6-10-15/h1-10,16,20H,11-13H2,(H,19,23)(H,21,22). The quantitative estimate of drug-likeness (QED) is 0.608. The van der Waals surface area contributed by atoms with Gasteiger partial charge in [0.05, 0.1) is 6.61 Å². The van der Waals surface area contributed by atoms with Gasteiger partial charge >= 0.3 is 5.97 Å². The molecule has 0 aromatic heterocycles. The number of rotatable bonds is 9. The first kappa shape index (κ1) is 17.7. The molecule has 0 fully saturated rings. The molecule has 0 radical (unpaired) electrons. The molecule has 6 nitrogen and oxygen atoms in total. The number of carbonyl (C=O) groups excluding carboxylic acids is 1. The van der Waals surface area contributed by atoms with E-state index >= 15 is 0 Å². The maximum absolute atomic E-state index is 12.2. The summed E-state index contributed by atoms with van der Waals surface area (Å²) in [5.41, 5.74) is 4.65. The van der Waals surface area contributed by atoms with E-state index in [1.807, 2.05) is 60.7 Å². The van der Waals surface area contributed by atoms with E-state index in [2.05, 4.69) is 10.8 Å². The second-order valence-electron chi connectivity index (χ2n) is 5.25. The Morgan fingerprint density at radius 3 is 2.12 bits per heavy atom. The maximum atomic E-state index is 12.2. The summed E-state index contributed by atoms with van der Waals surface area (Å²) in [4.78, 5) is 28.2. The van der Waals surface area contributed by atoms with E-state index in [9.17, 15) is 9.59 Å². The molecule has 1 amide bonds. The third kappa shape index (κ3) is 6.20. The molecular weight excluding hydrogens is 308 g/mol. The van der Waals surface area contributed by atoms with Gasteiger partial charge in [0.15, 0.2) is 0 Å². The zero-order chi connectivity index (χ0) is 17.2. The lowest BCUT2D eigenvalue weighted by atomic mass is 10.1. The van der Waals surface area contributed by atoms with E-state index in [1.165, 1.54) is 0 Å². The lowest BCUT2D eigenvalue weighted by Crippen LogP contribution is -2.46. The Hall–Kier alpha value is -2.70. The first-order valence-corrected chi connectivity index (χ1v) is 7.60. The molecule has 3 N–H and O–H groups in total. The van der Waals surface area contributed by atoms with Crippen LogP contribution in [0.1, 0.15) is 11.1 Å². The normalized spacial score (nSPS) is 11.7. The maximum Gasteiger partial charge on any atom is 0.322 e. The van der Waals surface area contributed by atoms with Gasteiger partial charge in [-0.15, -0.1) is 0 Å². The monoisotopic (exact) mass is 328 g/mol. The van der Waals surface area contributed by atoms with Crippen molar-refractivity contribution < 1.29 is 19.5 Å². The zero-order valence-electron chi connectivity index (χ0n) is 13.1. The van der Waals surface area contributed by atoms with Crippen LogP contribution in [0.4, 0.5) is 0 Å². The largest absolute Gasteiger partial charge is 0.480 e. The van der Waals surface area contributed by atoms with E-state index in [0.717, 1.165) is 11.1 Å². The summed E-state index contributed by atoms with van der Waals surface area (Å²) >= 11 is 0. The van der Waals surface area contributed by atoms with Gasteiger partial charge in [0.2, 0.25) is 5.91 Å². The highest BCUT2D eigenvalue weighted by Crippen LogP contribution is 2.05. The fraction of sp³-hybridized carbons (Fsp3) is 0.222. The predicted molar refractivity (Wildman–Crippen MR) is 88.9 cm³/mol. The molecule has 2 aromatic carbocycles. The Kier molecular flexibility index (Phi) is 6.94. The van der Waals surface area contributed by atoms with Crippen molar-refractivity contribution >= 4 is 11.9 Å². The number of carbonyl (C=O) groups is 2. The molecule has 1 atom stereocenters. The Morgan fingerprint density at radius 2 is 1.54 bits per heavy atom. The number of carboxylic acid groups (broad SMARTS) is 1. The summed E-state index contributed by atoms with van der Waals surface area (Å²) in [6, 6.07) is 18.3. The average Bonchev–Trinajstić information content (AvgIpc) is 2.60. The number of nitrogens with one attached hydrogen (secondary N) is 2. The number of aliphatic carboxylic acids is 1. The van der Waals surface area contributed by atoms with Gasteiger partial charge in [-0.3, -0.25) is 14.4 Å². The SMILES string of the molecule is O=C(O)CNC(=O)C(Cc1ccccc1)NOCc1ccccc1. The zero-order valence-corrected chi connectivity index (χ0v) is 13.1. The first-order chi connectivity index (χ1) is 11.6.